The number of thiophene rings is 1. The summed E-state index contributed by atoms with van der Waals surface area (Å²) < 4.78 is 0. The minimum atomic E-state index is -0.509. The van der Waals surface area contributed by atoms with Gasteiger partial charge in [0.2, 0.25) is 5.91 Å². The smallest absolute Gasteiger partial charge is 0.251 e. The van der Waals surface area contributed by atoms with Crippen LogP contribution in [0.5, 0.6) is 0 Å². The number of hydrogen-bond donors (Lipinski definition) is 2. The van der Waals surface area contributed by atoms with Gasteiger partial charge in [-0.2, -0.15) is 0 Å². The Morgan fingerprint density at radius 2 is 2.00 bits per heavy atom. The predicted octanol–water partition coefficient (Wildman–Crippen LogP) is 2.39. The van der Waals surface area contributed by atoms with Crippen molar-refractivity contribution in [2.45, 2.75) is 34.1 Å². The topological polar surface area (TPSA) is 72.2 Å². The Kier molecular flexibility index (Phi) is 3.93. The van der Waals surface area contributed by atoms with E-state index in [1.165, 1.54) is 11.3 Å². The van der Waals surface area contributed by atoms with Crippen LogP contribution in [0, 0.1) is 5.41 Å². The Morgan fingerprint density at radius 1 is 1.41 bits per heavy atom. The lowest BCUT2D eigenvalue weighted by Gasteiger charge is -2.17. The Hall–Kier alpha value is -1.36. The first-order chi connectivity index (χ1) is 7.75. The summed E-state index contributed by atoms with van der Waals surface area (Å²) in [6.45, 7) is 7.45. The van der Waals surface area contributed by atoms with E-state index >= 15 is 0 Å². The van der Waals surface area contributed by atoms with Crippen LogP contribution < -0.4 is 11.1 Å². The molecule has 5 heteroatoms. The molecule has 0 bridgehead atoms. The summed E-state index contributed by atoms with van der Waals surface area (Å²) in [7, 11) is 0. The first-order valence-electron chi connectivity index (χ1n) is 5.49. The number of rotatable bonds is 3. The van der Waals surface area contributed by atoms with Crippen LogP contribution in [0.1, 0.15) is 42.9 Å². The van der Waals surface area contributed by atoms with Gasteiger partial charge in [0.05, 0.1) is 5.56 Å². The molecule has 0 unspecified atom stereocenters. The van der Waals surface area contributed by atoms with Crippen molar-refractivity contribution in [3.63, 3.8) is 0 Å². The van der Waals surface area contributed by atoms with E-state index in [0.29, 0.717) is 10.6 Å². The second-order valence-corrected chi connectivity index (χ2v) is 6.01. The number of carbonyl (C=O) groups is 2. The maximum absolute atomic E-state index is 11.8. The summed E-state index contributed by atoms with van der Waals surface area (Å²) in [5.41, 5.74) is 5.18. The molecule has 0 radical (unpaired) electrons. The van der Waals surface area contributed by atoms with Gasteiger partial charge in [-0.3, -0.25) is 9.59 Å². The monoisotopic (exact) mass is 254 g/mol. The molecule has 0 fully saturated rings. The first kappa shape index (κ1) is 13.7. The van der Waals surface area contributed by atoms with Crippen molar-refractivity contribution in [1.29, 1.82) is 0 Å². The zero-order valence-corrected chi connectivity index (χ0v) is 11.4. The number of anilines is 1. The Morgan fingerprint density at radius 3 is 2.41 bits per heavy atom. The quantitative estimate of drug-likeness (QED) is 0.869. The molecular formula is C12H18N2O2S. The highest BCUT2D eigenvalue weighted by atomic mass is 32.1. The number of hydrogen-bond acceptors (Lipinski definition) is 3. The van der Waals surface area contributed by atoms with E-state index in [9.17, 15) is 9.59 Å². The van der Waals surface area contributed by atoms with Crippen molar-refractivity contribution in [3.05, 3.63) is 16.5 Å². The van der Waals surface area contributed by atoms with E-state index in [1.807, 2.05) is 27.7 Å². The van der Waals surface area contributed by atoms with Crippen molar-refractivity contribution in [2.24, 2.45) is 11.1 Å². The van der Waals surface area contributed by atoms with Crippen LogP contribution in [0.15, 0.2) is 6.07 Å². The fourth-order valence-corrected chi connectivity index (χ4v) is 2.18. The van der Waals surface area contributed by atoms with Gasteiger partial charge in [0, 0.05) is 10.3 Å². The molecule has 1 aromatic heterocycles. The molecule has 2 amide bonds. The van der Waals surface area contributed by atoms with Crippen molar-refractivity contribution in [3.8, 4) is 0 Å². The van der Waals surface area contributed by atoms with E-state index in [2.05, 4.69) is 5.32 Å². The predicted molar refractivity (Wildman–Crippen MR) is 70.3 cm³/mol. The third-order valence-corrected chi connectivity index (χ3v) is 3.50. The maximum Gasteiger partial charge on any atom is 0.251 e. The van der Waals surface area contributed by atoms with E-state index < -0.39 is 11.3 Å². The van der Waals surface area contributed by atoms with Gasteiger partial charge in [-0.1, -0.05) is 27.7 Å². The average molecular weight is 254 g/mol. The molecule has 4 nitrogen and oxygen atoms in total. The SMILES string of the molecule is CCc1cc(C(N)=O)c(NC(=O)C(C)(C)C)s1. The molecule has 1 heterocycles. The lowest BCUT2D eigenvalue weighted by Crippen LogP contribution is -2.28. The van der Waals surface area contributed by atoms with Crippen LogP contribution in [-0.2, 0) is 11.2 Å². The summed E-state index contributed by atoms with van der Waals surface area (Å²) in [5.74, 6) is -0.630. The van der Waals surface area contributed by atoms with Gasteiger partial charge in [-0.15, -0.1) is 11.3 Å². The lowest BCUT2D eigenvalue weighted by molar-refractivity contribution is -0.123. The second kappa shape index (κ2) is 4.87. The minimum absolute atomic E-state index is 0.121. The van der Waals surface area contributed by atoms with Gasteiger partial charge in [0.1, 0.15) is 5.00 Å². The van der Waals surface area contributed by atoms with Gasteiger partial charge < -0.3 is 11.1 Å². The molecule has 17 heavy (non-hydrogen) atoms. The second-order valence-electron chi connectivity index (χ2n) is 4.88. The Balaban J connectivity index is 3.01. The zero-order valence-electron chi connectivity index (χ0n) is 10.6. The molecule has 1 rings (SSSR count). The Labute approximate surface area is 105 Å². The largest absolute Gasteiger partial charge is 0.366 e. The van der Waals surface area contributed by atoms with E-state index in [-0.39, 0.29) is 5.91 Å². The number of carbonyl (C=O) groups excluding carboxylic acids is 2. The van der Waals surface area contributed by atoms with Gasteiger partial charge >= 0.3 is 0 Å². The molecule has 0 saturated carbocycles. The van der Waals surface area contributed by atoms with Crippen LogP contribution >= 0.6 is 11.3 Å². The van der Waals surface area contributed by atoms with Crippen LogP contribution in [0.25, 0.3) is 0 Å². The van der Waals surface area contributed by atoms with Crippen LogP contribution in [0.3, 0.4) is 0 Å². The van der Waals surface area contributed by atoms with Crippen molar-refractivity contribution < 1.29 is 9.59 Å². The zero-order chi connectivity index (χ0) is 13.2. The molecule has 0 aliphatic rings. The van der Waals surface area contributed by atoms with E-state index in [4.69, 9.17) is 5.73 Å². The van der Waals surface area contributed by atoms with Crippen LogP contribution in [0.4, 0.5) is 5.00 Å². The fraction of sp³-hybridized carbons (Fsp3) is 0.500. The molecule has 3 N–H and O–H groups in total. The van der Waals surface area contributed by atoms with Crippen molar-refractivity contribution in [2.75, 3.05) is 5.32 Å². The van der Waals surface area contributed by atoms with Gasteiger partial charge in [0.15, 0.2) is 0 Å². The molecule has 0 spiro atoms. The molecule has 94 valence electrons. The highest BCUT2D eigenvalue weighted by Gasteiger charge is 2.24. The highest BCUT2D eigenvalue weighted by molar-refractivity contribution is 7.16. The average Bonchev–Trinajstić information content (AvgIpc) is 2.59. The van der Waals surface area contributed by atoms with E-state index in [1.54, 1.807) is 6.07 Å². The summed E-state index contributed by atoms with van der Waals surface area (Å²) >= 11 is 1.40. The standard InChI is InChI=1S/C12H18N2O2S/c1-5-7-6-8(9(13)15)10(17-7)14-11(16)12(2,3)4/h6H,5H2,1-4H3,(H2,13,15)(H,14,16). The maximum atomic E-state index is 11.8. The summed E-state index contributed by atoms with van der Waals surface area (Å²) in [6, 6.07) is 1.74. The number of nitrogens with one attached hydrogen (secondary N) is 1. The highest BCUT2D eigenvalue weighted by Crippen LogP contribution is 2.29. The third kappa shape index (κ3) is 3.30. The van der Waals surface area contributed by atoms with E-state index in [0.717, 1.165) is 11.3 Å². The molecule has 0 aliphatic heterocycles. The fourth-order valence-electron chi connectivity index (χ4n) is 1.18. The van der Waals surface area contributed by atoms with Gasteiger partial charge in [-0.25, -0.2) is 0 Å². The van der Waals surface area contributed by atoms with Gasteiger partial charge in [-0.05, 0) is 12.5 Å². The summed E-state index contributed by atoms with van der Waals surface area (Å²) in [4.78, 5) is 24.1. The first-order valence-corrected chi connectivity index (χ1v) is 6.31. The molecule has 1 aromatic rings. The van der Waals surface area contributed by atoms with Crippen molar-refractivity contribution in [1.82, 2.24) is 0 Å². The third-order valence-electron chi connectivity index (χ3n) is 2.31. The molecule has 0 atom stereocenters. The van der Waals surface area contributed by atoms with Gasteiger partial charge in [0.25, 0.3) is 5.91 Å². The Bertz CT molecular complexity index is 444. The number of nitrogens with two attached hydrogens (primary N) is 1. The summed E-state index contributed by atoms with van der Waals surface area (Å²) in [6.07, 6.45) is 0.816. The molecular weight excluding hydrogens is 236 g/mol. The van der Waals surface area contributed by atoms with Crippen molar-refractivity contribution >= 4 is 28.2 Å². The molecule has 0 aromatic carbocycles. The minimum Gasteiger partial charge on any atom is -0.366 e. The summed E-state index contributed by atoms with van der Waals surface area (Å²) in [5, 5.41) is 3.32. The number of amides is 2. The van der Waals surface area contributed by atoms with Crippen LogP contribution in [-0.4, -0.2) is 11.8 Å². The normalized spacial score (nSPS) is 11.3. The lowest BCUT2D eigenvalue weighted by atomic mass is 9.96. The van der Waals surface area contributed by atoms with Crippen LogP contribution in [0.2, 0.25) is 0 Å². The number of aryl methyl sites for hydroxylation is 1. The molecule has 0 aliphatic carbocycles. The molecule has 0 saturated heterocycles. The number of primary amides is 1.